The molecule has 6 heteroatoms. The molecule has 1 aliphatic heterocycles. The van der Waals surface area contributed by atoms with E-state index in [4.69, 9.17) is 14.6 Å². The summed E-state index contributed by atoms with van der Waals surface area (Å²) in [4.78, 5) is 0. The topological polar surface area (TPSA) is 99.4 Å². The van der Waals surface area contributed by atoms with E-state index in [0.29, 0.717) is 12.2 Å². The van der Waals surface area contributed by atoms with E-state index in [1.807, 2.05) is 6.92 Å². The van der Waals surface area contributed by atoms with Crippen molar-refractivity contribution in [3.05, 3.63) is 23.7 Å². The minimum Gasteiger partial charge on any atom is -0.512 e. The van der Waals surface area contributed by atoms with E-state index in [-0.39, 0.29) is 12.4 Å². The number of ether oxygens (including phenoxy) is 2. The molecule has 1 fully saturated rings. The summed E-state index contributed by atoms with van der Waals surface area (Å²) in [5, 5.41) is 38.5. The summed E-state index contributed by atoms with van der Waals surface area (Å²) >= 11 is 0. The Labute approximate surface area is 125 Å². The number of allylic oxidation sites excluding steroid dienone is 4. The lowest BCUT2D eigenvalue weighted by Gasteiger charge is -2.41. The summed E-state index contributed by atoms with van der Waals surface area (Å²) in [5.74, 6) is 0.751. The van der Waals surface area contributed by atoms with E-state index in [9.17, 15) is 15.3 Å². The van der Waals surface area contributed by atoms with E-state index < -0.39 is 30.5 Å². The Morgan fingerprint density at radius 1 is 1.24 bits per heavy atom. The van der Waals surface area contributed by atoms with Crippen molar-refractivity contribution in [2.24, 2.45) is 0 Å². The van der Waals surface area contributed by atoms with Crippen molar-refractivity contribution >= 4 is 0 Å². The maximum absolute atomic E-state index is 10.1. The van der Waals surface area contributed by atoms with Crippen LogP contribution in [0.4, 0.5) is 0 Å². The highest BCUT2D eigenvalue weighted by Gasteiger charge is 2.43. The largest absolute Gasteiger partial charge is 0.512 e. The molecule has 0 aliphatic carbocycles. The van der Waals surface area contributed by atoms with Crippen LogP contribution >= 0.6 is 0 Å². The van der Waals surface area contributed by atoms with Crippen LogP contribution in [0.15, 0.2) is 23.7 Å². The van der Waals surface area contributed by atoms with Gasteiger partial charge in [0.15, 0.2) is 6.10 Å². The van der Waals surface area contributed by atoms with Gasteiger partial charge in [0.25, 0.3) is 0 Å². The second kappa shape index (κ2) is 8.38. The van der Waals surface area contributed by atoms with Gasteiger partial charge in [-0.25, -0.2) is 0 Å². The van der Waals surface area contributed by atoms with E-state index in [0.717, 1.165) is 6.42 Å². The first kappa shape index (κ1) is 18.0. The Bertz CT molecular complexity index is 378. The van der Waals surface area contributed by atoms with Crippen molar-refractivity contribution < 1.29 is 29.9 Å². The fourth-order valence-corrected chi connectivity index (χ4v) is 2.25. The van der Waals surface area contributed by atoms with Gasteiger partial charge in [-0.1, -0.05) is 6.92 Å². The molecule has 0 amide bonds. The van der Waals surface area contributed by atoms with Gasteiger partial charge in [0.1, 0.15) is 18.3 Å². The van der Waals surface area contributed by atoms with Crippen molar-refractivity contribution in [1.29, 1.82) is 0 Å². The van der Waals surface area contributed by atoms with Crippen molar-refractivity contribution in [1.82, 2.24) is 0 Å². The molecule has 0 spiro atoms. The molecular formula is C15H26O6. The first-order valence-corrected chi connectivity index (χ1v) is 7.26. The van der Waals surface area contributed by atoms with Crippen molar-refractivity contribution in [3.63, 3.8) is 0 Å². The molecule has 0 aromatic heterocycles. The number of hydrogen-bond acceptors (Lipinski definition) is 6. The van der Waals surface area contributed by atoms with Gasteiger partial charge in [0, 0.05) is 6.42 Å². The van der Waals surface area contributed by atoms with Gasteiger partial charge in [-0.05, 0) is 32.4 Å². The maximum Gasteiger partial charge on any atom is 0.152 e. The van der Waals surface area contributed by atoms with Gasteiger partial charge in [-0.15, -0.1) is 0 Å². The van der Waals surface area contributed by atoms with Gasteiger partial charge in [0.05, 0.1) is 24.2 Å². The minimum absolute atomic E-state index is 0.259. The van der Waals surface area contributed by atoms with Gasteiger partial charge in [-0.2, -0.15) is 0 Å². The highest BCUT2D eigenvalue weighted by Crippen LogP contribution is 2.25. The van der Waals surface area contributed by atoms with Crippen molar-refractivity contribution in [2.75, 3.05) is 6.61 Å². The van der Waals surface area contributed by atoms with Crippen LogP contribution in [-0.4, -0.2) is 57.6 Å². The average Bonchev–Trinajstić information content (AvgIpc) is 2.45. The molecule has 1 saturated heterocycles. The molecule has 1 aliphatic rings. The minimum atomic E-state index is -1.20. The molecule has 5 unspecified atom stereocenters. The van der Waals surface area contributed by atoms with E-state index >= 15 is 0 Å². The number of aliphatic hydroxyl groups is 4. The van der Waals surface area contributed by atoms with Gasteiger partial charge < -0.3 is 29.9 Å². The molecular weight excluding hydrogens is 276 g/mol. The Hall–Kier alpha value is -1.08. The first-order chi connectivity index (χ1) is 9.90. The molecule has 5 atom stereocenters. The van der Waals surface area contributed by atoms with Crippen LogP contribution in [0.1, 0.15) is 33.6 Å². The summed E-state index contributed by atoms with van der Waals surface area (Å²) in [6.07, 6.45) is 0.214. The van der Waals surface area contributed by atoms with Gasteiger partial charge >= 0.3 is 0 Å². The van der Waals surface area contributed by atoms with Crippen LogP contribution in [0.25, 0.3) is 0 Å². The Kier molecular flexibility index (Phi) is 7.17. The molecule has 1 rings (SSSR count). The number of hydrogen-bond donors (Lipinski definition) is 4. The molecule has 0 saturated carbocycles. The predicted octanol–water partition coefficient (Wildman–Crippen LogP) is 1.02. The van der Waals surface area contributed by atoms with E-state index in [1.54, 1.807) is 26.0 Å². The van der Waals surface area contributed by atoms with E-state index in [2.05, 4.69) is 0 Å². The summed E-state index contributed by atoms with van der Waals surface area (Å²) in [6, 6.07) is 0. The van der Waals surface area contributed by atoms with Crippen LogP contribution < -0.4 is 0 Å². The number of rotatable bonds is 6. The molecule has 21 heavy (non-hydrogen) atoms. The molecule has 0 radical (unpaired) electrons. The molecule has 4 N–H and O–H groups in total. The molecule has 0 aromatic carbocycles. The van der Waals surface area contributed by atoms with Gasteiger partial charge in [0.2, 0.25) is 0 Å². The second-order valence-electron chi connectivity index (χ2n) is 5.31. The quantitative estimate of drug-likeness (QED) is 0.432. The SMILES string of the molecule is CCC/C(O)=C\C=C(/C)OC1C(C)OC(CO)C(O)C1O. The summed E-state index contributed by atoms with van der Waals surface area (Å²) in [7, 11) is 0. The first-order valence-electron chi connectivity index (χ1n) is 7.26. The molecule has 0 aromatic rings. The normalized spacial score (nSPS) is 34.9. The lowest BCUT2D eigenvalue weighted by molar-refractivity contribution is -0.228. The van der Waals surface area contributed by atoms with Crippen LogP contribution in [0.3, 0.4) is 0 Å². The number of aliphatic hydroxyl groups excluding tert-OH is 4. The average molecular weight is 302 g/mol. The third-order valence-corrected chi connectivity index (χ3v) is 3.44. The Morgan fingerprint density at radius 3 is 2.48 bits per heavy atom. The standard InChI is InChI=1S/C15H26O6/c1-4-5-11(17)7-6-9(2)20-15-10(3)21-12(8-16)13(18)14(15)19/h6-7,10,12-19H,4-5,8H2,1-3H3/b9-6+,11-7+. The van der Waals surface area contributed by atoms with Crippen LogP contribution in [-0.2, 0) is 9.47 Å². The van der Waals surface area contributed by atoms with Crippen molar-refractivity contribution in [3.8, 4) is 0 Å². The second-order valence-corrected chi connectivity index (χ2v) is 5.31. The third kappa shape index (κ3) is 5.00. The highest BCUT2D eigenvalue weighted by atomic mass is 16.6. The zero-order valence-electron chi connectivity index (χ0n) is 12.8. The molecule has 1 heterocycles. The lowest BCUT2D eigenvalue weighted by Crippen LogP contribution is -2.58. The monoisotopic (exact) mass is 302 g/mol. The summed E-state index contributed by atoms with van der Waals surface area (Å²) in [5.41, 5.74) is 0. The molecule has 0 bridgehead atoms. The smallest absolute Gasteiger partial charge is 0.152 e. The van der Waals surface area contributed by atoms with Gasteiger partial charge in [-0.3, -0.25) is 0 Å². The maximum atomic E-state index is 10.1. The molecule has 122 valence electrons. The fraction of sp³-hybridized carbons (Fsp3) is 0.733. The Morgan fingerprint density at radius 2 is 1.90 bits per heavy atom. The van der Waals surface area contributed by atoms with Crippen LogP contribution in [0.5, 0.6) is 0 Å². The zero-order valence-corrected chi connectivity index (χ0v) is 12.8. The highest BCUT2D eigenvalue weighted by molar-refractivity contribution is 5.10. The zero-order chi connectivity index (χ0) is 16.0. The predicted molar refractivity (Wildman–Crippen MR) is 77.7 cm³/mol. The van der Waals surface area contributed by atoms with E-state index in [1.165, 1.54) is 0 Å². The fourth-order valence-electron chi connectivity index (χ4n) is 2.25. The van der Waals surface area contributed by atoms with Crippen LogP contribution in [0, 0.1) is 0 Å². The van der Waals surface area contributed by atoms with Crippen molar-refractivity contribution in [2.45, 2.75) is 64.1 Å². The molecule has 6 nitrogen and oxygen atoms in total. The third-order valence-electron chi connectivity index (χ3n) is 3.44. The Balaban J connectivity index is 2.68. The summed E-state index contributed by atoms with van der Waals surface area (Å²) in [6.45, 7) is 5.00. The summed E-state index contributed by atoms with van der Waals surface area (Å²) < 4.78 is 11.0. The lowest BCUT2D eigenvalue weighted by atomic mass is 9.96. The van der Waals surface area contributed by atoms with Crippen LogP contribution in [0.2, 0.25) is 0 Å².